The van der Waals surface area contributed by atoms with Crippen LogP contribution in [0.4, 0.5) is 5.69 Å². The number of aromatic nitrogens is 1. The van der Waals surface area contributed by atoms with Gasteiger partial charge in [0.05, 0.1) is 17.0 Å². The van der Waals surface area contributed by atoms with Gasteiger partial charge in [0.1, 0.15) is 5.25 Å². The minimum atomic E-state index is -3.53. The van der Waals surface area contributed by atoms with Gasteiger partial charge in [-0.25, -0.2) is 8.42 Å². The maximum Gasteiger partial charge on any atom is 0.242 e. The SMILES string of the molecule is C=CCS(=O)(=O)C(C)C(=O)Nc1cccc2cccnc12. The summed E-state index contributed by atoms with van der Waals surface area (Å²) in [7, 11) is -3.53. The summed E-state index contributed by atoms with van der Waals surface area (Å²) in [5, 5.41) is 2.36. The number of carbonyl (C=O) groups is 1. The third-order valence-corrected chi connectivity index (χ3v) is 5.14. The monoisotopic (exact) mass is 304 g/mol. The van der Waals surface area contributed by atoms with Crippen LogP contribution in [0.25, 0.3) is 10.9 Å². The molecule has 0 radical (unpaired) electrons. The van der Waals surface area contributed by atoms with Gasteiger partial charge in [-0.3, -0.25) is 9.78 Å². The number of sulfone groups is 1. The van der Waals surface area contributed by atoms with Crippen LogP contribution in [-0.2, 0) is 14.6 Å². The summed E-state index contributed by atoms with van der Waals surface area (Å²) >= 11 is 0. The molecule has 1 aromatic heterocycles. The van der Waals surface area contributed by atoms with E-state index in [9.17, 15) is 13.2 Å². The van der Waals surface area contributed by atoms with Gasteiger partial charge in [0, 0.05) is 11.6 Å². The summed E-state index contributed by atoms with van der Waals surface area (Å²) in [5.74, 6) is -0.801. The van der Waals surface area contributed by atoms with Crippen molar-refractivity contribution in [1.82, 2.24) is 4.98 Å². The van der Waals surface area contributed by atoms with Crippen LogP contribution in [0, 0.1) is 0 Å². The lowest BCUT2D eigenvalue weighted by Gasteiger charge is -2.13. The van der Waals surface area contributed by atoms with E-state index in [0.29, 0.717) is 11.2 Å². The third-order valence-electron chi connectivity index (χ3n) is 3.15. The highest BCUT2D eigenvalue weighted by Crippen LogP contribution is 2.21. The highest BCUT2D eigenvalue weighted by atomic mass is 32.2. The summed E-state index contributed by atoms with van der Waals surface area (Å²) in [6, 6.07) is 9.01. The Balaban J connectivity index is 2.28. The molecule has 0 aliphatic carbocycles. The molecule has 0 aliphatic rings. The molecule has 1 amide bonds. The number of nitrogens with zero attached hydrogens (tertiary/aromatic N) is 1. The van der Waals surface area contributed by atoms with Crippen molar-refractivity contribution in [3.63, 3.8) is 0 Å². The number of benzene rings is 1. The van der Waals surface area contributed by atoms with E-state index >= 15 is 0 Å². The van der Waals surface area contributed by atoms with Crippen molar-refractivity contribution in [2.24, 2.45) is 0 Å². The average molecular weight is 304 g/mol. The Morgan fingerprint density at radius 2 is 2.10 bits per heavy atom. The zero-order valence-electron chi connectivity index (χ0n) is 11.6. The van der Waals surface area contributed by atoms with Crippen LogP contribution < -0.4 is 5.32 Å². The Bertz CT molecular complexity index is 779. The van der Waals surface area contributed by atoms with Gasteiger partial charge in [-0.05, 0) is 19.1 Å². The molecule has 1 unspecified atom stereocenters. The number of hydrogen-bond donors (Lipinski definition) is 1. The van der Waals surface area contributed by atoms with Crippen LogP contribution in [0.1, 0.15) is 6.92 Å². The van der Waals surface area contributed by atoms with E-state index in [2.05, 4.69) is 16.9 Å². The van der Waals surface area contributed by atoms with E-state index in [1.54, 1.807) is 24.4 Å². The predicted octanol–water partition coefficient (Wildman–Crippen LogP) is 2.16. The molecule has 0 bridgehead atoms. The molecule has 1 N–H and O–H groups in total. The topological polar surface area (TPSA) is 76.1 Å². The zero-order chi connectivity index (χ0) is 15.5. The van der Waals surface area contributed by atoms with Gasteiger partial charge in [0.2, 0.25) is 5.91 Å². The molecule has 1 heterocycles. The molecule has 5 nitrogen and oxygen atoms in total. The highest BCUT2D eigenvalue weighted by molar-refractivity contribution is 7.92. The maximum absolute atomic E-state index is 12.1. The molecular formula is C15H16N2O3S. The first-order valence-corrected chi connectivity index (χ1v) is 8.14. The largest absolute Gasteiger partial charge is 0.323 e. The van der Waals surface area contributed by atoms with E-state index in [0.717, 1.165) is 5.39 Å². The van der Waals surface area contributed by atoms with Crippen LogP contribution in [-0.4, -0.2) is 30.3 Å². The van der Waals surface area contributed by atoms with Crippen LogP contribution in [0.5, 0.6) is 0 Å². The van der Waals surface area contributed by atoms with Gasteiger partial charge in [0.25, 0.3) is 0 Å². The minimum absolute atomic E-state index is 0.227. The normalized spacial score (nSPS) is 12.8. The standard InChI is InChI=1S/C15H16N2O3S/c1-3-10-21(19,20)11(2)15(18)17-13-8-4-6-12-7-5-9-16-14(12)13/h3-9,11H,1,10H2,2H3,(H,17,18). The number of amides is 1. The van der Waals surface area contributed by atoms with Gasteiger partial charge in [-0.15, -0.1) is 6.58 Å². The number of anilines is 1. The van der Waals surface area contributed by atoms with Crippen LogP contribution in [0.2, 0.25) is 0 Å². The molecular weight excluding hydrogens is 288 g/mol. The van der Waals surface area contributed by atoms with Crippen molar-refractivity contribution in [2.75, 3.05) is 11.1 Å². The Morgan fingerprint density at radius 3 is 2.81 bits per heavy atom. The Labute approximate surface area is 123 Å². The molecule has 0 saturated carbocycles. The Kier molecular flexibility index (Phi) is 4.37. The summed E-state index contributed by atoms with van der Waals surface area (Å²) in [5.41, 5.74) is 1.13. The molecule has 110 valence electrons. The molecule has 0 fully saturated rings. The van der Waals surface area contributed by atoms with Gasteiger partial charge in [-0.1, -0.05) is 24.3 Å². The van der Waals surface area contributed by atoms with E-state index in [-0.39, 0.29) is 5.75 Å². The van der Waals surface area contributed by atoms with E-state index in [4.69, 9.17) is 0 Å². The molecule has 0 spiro atoms. The first kappa shape index (κ1) is 15.2. The fourth-order valence-corrected chi connectivity index (χ4v) is 2.91. The minimum Gasteiger partial charge on any atom is -0.323 e. The second kappa shape index (κ2) is 6.05. The van der Waals surface area contributed by atoms with E-state index < -0.39 is 21.0 Å². The van der Waals surface area contributed by atoms with Gasteiger partial charge < -0.3 is 5.32 Å². The number of para-hydroxylation sites is 1. The molecule has 2 rings (SSSR count). The molecule has 1 aromatic carbocycles. The van der Waals surface area contributed by atoms with E-state index in [1.807, 2.05) is 12.1 Å². The Morgan fingerprint density at radius 1 is 1.38 bits per heavy atom. The van der Waals surface area contributed by atoms with Gasteiger partial charge >= 0.3 is 0 Å². The third kappa shape index (κ3) is 3.28. The average Bonchev–Trinajstić information content (AvgIpc) is 2.46. The first-order chi connectivity index (χ1) is 9.95. The Hall–Kier alpha value is -2.21. The number of nitrogens with one attached hydrogen (secondary N) is 1. The zero-order valence-corrected chi connectivity index (χ0v) is 12.4. The smallest absolute Gasteiger partial charge is 0.242 e. The van der Waals surface area contributed by atoms with Crippen molar-refractivity contribution in [2.45, 2.75) is 12.2 Å². The highest BCUT2D eigenvalue weighted by Gasteiger charge is 2.27. The lowest BCUT2D eigenvalue weighted by molar-refractivity contribution is -0.115. The van der Waals surface area contributed by atoms with Crippen molar-refractivity contribution in [1.29, 1.82) is 0 Å². The van der Waals surface area contributed by atoms with Gasteiger partial charge in [-0.2, -0.15) is 0 Å². The number of rotatable bonds is 5. The summed E-state index contributed by atoms with van der Waals surface area (Å²) in [4.78, 5) is 16.3. The maximum atomic E-state index is 12.1. The number of hydrogen-bond acceptors (Lipinski definition) is 4. The molecule has 6 heteroatoms. The summed E-state index contributed by atoms with van der Waals surface area (Å²) < 4.78 is 23.8. The van der Waals surface area contributed by atoms with Crippen LogP contribution >= 0.6 is 0 Å². The van der Waals surface area contributed by atoms with Crippen LogP contribution in [0.3, 0.4) is 0 Å². The molecule has 2 aromatic rings. The van der Waals surface area contributed by atoms with Crippen molar-refractivity contribution < 1.29 is 13.2 Å². The number of fused-ring (bicyclic) bond motifs is 1. The fraction of sp³-hybridized carbons (Fsp3) is 0.200. The van der Waals surface area contributed by atoms with Crippen molar-refractivity contribution >= 4 is 32.3 Å². The summed E-state index contributed by atoms with van der Waals surface area (Å²) in [6.07, 6.45) is 2.90. The fourth-order valence-electron chi connectivity index (χ4n) is 1.91. The molecule has 0 aliphatic heterocycles. The van der Waals surface area contributed by atoms with Crippen LogP contribution in [0.15, 0.2) is 49.2 Å². The van der Waals surface area contributed by atoms with E-state index in [1.165, 1.54) is 13.0 Å². The quantitative estimate of drug-likeness (QED) is 0.859. The number of carbonyl (C=O) groups excluding carboxylic acids is 1. The molecule has 0 saturated heterocycles. The van der Waals surface area contributed by atoms with Crippen molar-refractivity contribution in [3.8, 4) is 0 Å². The molecule has 21 heavy (non-hydrogen) atoms. The first-order valence-electron chi connectivity index (χ1n) is 6.43. The lowest BCUT2D eigenvalue weighted by atomic mass is 10.2. The second-order valence-corrected chi connectivity index (χ2v) is 7.00. The van der Waals surface area contributed by atoms with Gasteiger partial charge in [0.15, 0.2) is 9.84 Å². The second-order valence-electron chi connectivity index (χ2n) is 4.63. The van der Waals surface area contributed by atoms with Crippen molar-refractivity contribution in [3.05, 3.63) is 49.2 Å². The summed E-state index contributed by atoms with van der Waals surface area (Å²) in [6.45, 7) is 4.76. The lowest BCUT2D eigenvalue weighted by Crippen LogP contribution is -2.33. The number of pyridine rings is 1. The molecule has 1 atom stereocenters. The predicted molar refractivity (Wildman–Crippen MR) is 83.8 cm³/mol.